The fourth-order valence-corrected chi connectivity index (χ4v) is 1.46. The van der Waals surface area contributed by atoms with Crippen LogP contribution in [0.1, 0.15) is 12.0 Å². The molecule has 0 aliphatic rings. The fourth-order valence-electron chi connectivity index (χ4n) is 1.46. The van der Waals surface area contributed by atoms with Crippen LogP contribution in [0.2, 0.25) is 0 Å². The molecule has 0 fully saturated rings. The number of rotatable bonds is 4. The van der Waals surface area contributed by atoms with Gasteiger partial charge in [0.2, 0.25) is 0 Å². The highest BCUT2D eigenvalue weighted by molar-refractivity contribution is 5.68. The molecule has 0 aromatic carbocycles. The summed E-state index contributed by atoms with van der Waals surface area (Å²) in [6.45, 7) is 0. The topological polar surface area (TPSA) is 81.8 Å². The van der Waals surface area contributed by atoms with E-state index in [1.165, 1.54) is 0 Å². The van der Waals surface area contributed by atoms with Crippen molar-refractivity contribution in [3.8, 4) is 11.4 Å². The van der Waals surface area contributed by atoms with E-state index in [1.807, 2.05) is 18.3 Å². The fraction of sp³-hybridized carbons (Fsp3) is 0.200. The number of aromatic amines is 2. The molecule has 2 heterocycles. The molecule has 0 amide bonds. The van der Waals surface area contributed by atoms with E-state index in [-0.39, 0.29) is 6.42 Å². The van der Waals surface area contributed by atoms with Crippen LogP contribution in [0.4, 0.5) is 0 Å². The van der Waals surface area contributed by atoms with Crippen LogP contribution in [0.25, 0.3) is 11.4 Å². The second-order valence-corrected chi connectivity index (χ2v) is 3.25. The van der Waals surface area contributed by atoms with Crippen molar-refractivity contribution in [2.24, 2.45) is 0 Å². The molecule has 0 spiro atoms. The molecule has 0 unspecified atom stereocenters. The number of carboxylic acids is 1. The first-order valence-electron chi connectivity index (χ1n) is 4.65. The van der Waals surface area contributed by atoms with Crippen molar-refractivity contribution in [2.75, 3.05) is 0 Å². The molecule has 3 N–H and O–H groups in total. The Labute approximate surface area is 86.1 Å². The monoisotopic (exact) mass is 205 g/mol. The molecule has 2 aromatic rings. The van der Waals surface area contributed by atoms with Crippen LogP contribution in [0, 0.1) is 0 Å². The molecule has 5 nitrogen and oxygen atoms in total. The van der Waals surface area contributed by atoms with Gasteiger partial charge in [-0.25, -0.2) is 0 Å². The number of aryl methyl sites for hydroxylation is 1. The molecule has 78 valence electrons. The Bertz CT molecular complexity index is 445. The van der Waals surface area contributed by atoms with Gasteiger partial charge in [0.15, 0.2) is 0 Å². The van der Waals surface area contributed by atoms with Gasteiger partial charge in [0.05, 0.1) is 17.6 Å². The number of carboxylic acid groups (broad SMARTS) is 1. The van der Waals surface area contributed by atoms with Gasteiger partial charge in [-0.05, 0) is 24.1 Å². The van der Waals surface area contributed by atoms with E-state index in [4.69, 9.17) is 5.11 Å². The Kier molecular flexibility index (Phi) is 2.53. The van der Waals surface area contributed by atoms with E-state index in [2.05, 4.69) is 15.2 Å². The summed E-state index contributed by atoms with van der Waals surface area (Å²) in [5, 5.41) is 15.4. The maximum Gasteiger partial charge on any atom is 0.303 e. The normalized spacial score (nSPS) is 10.4. The average molecular weight is 205 g/mol. The lowest BCUT2D eigenvalue weighted by Gasteiger charge is -1.98. The van der Waals surface area contributed by atoms with E-state index in [1.54, 1.807) is 6.20 Å². The van der Waals surface area contributed by atoms with Crippen LogP contribution in [0.3, 0.4) is 0 Å². The third kappa shape index (κ3) is 2.07. The summed E-state index contributed by atoms with van der Waals surface area (Å²) in [7, 11) is 0. The number of H-pyrrole nitrogens is 2. The lowest BCUT2D eigenvalue weighted by molar-refractivity contribution is -0.136. The number of hydrogen-bond acceptors (Lipinski definition) is 2. The first-order chi connectivity index (χ1) is 7.27. The van der Waals surface area contributed by atoms with Crippen LogP contribution in [0.5, 0.6) is 0 Å². The second kappa shape index (κ2) is 4.00. The number of hydrogen-bond donors (Lipinski definition) is 3. The summed E-state index contributed by atoms with van der Waals surface area (Å²) < 4.78 is 0. The van der Waals surface area contributed by atoms with Gasteiger partial charge in [-0.1, -0.05) is 0 Å². The molecule has 0 saturated heterocycles. The summed E-state index contributed by atoms with van der Waals surface area (Å²) in [5.74, 6) is -0.798. The van der Waals surface area contributed by atoms with E-state index < -0.39 is 5.97 Å². The van der Waals surface area contributed by atoms with Crippen molar-refractivity contribution >= 4 is 5.97 Å². The van der Waals surface area contributed by atoms with Crippen molar-refractivity contribution in [3.63, 3.8) is 0 Å². The standard InChI is InChI=1S/C10H11N3O2/c14-9(15)4-3-7-6-12-13-10(7)8-2-1-5-11-8/h1-2,5-6,11H,3-4H2,(H,12,13)(H,14,15). The van der Waals surface area contributed by atoms with E-state index >= 15 is 0 Å². The van der Waals surface area contributed by atoms with Crippen LogP contribution in [-0.4, -0.2) is 26.3 Å². The Morgan fingerprint density at radius 1 is 1.53 bits per heavy atom. The molecule has 0 radical (unpaired) electrons. The zero-order chi connectivity index (χ0) is 10.7. The van der Waals surface area contributed by atoms with Crippen molar-refractivity contribution in [1.29, 1.82) is 0 Å². The van der Waals surface area contributed by atoms with Gasteiger partial charge in [-0.2, -0.15) is 5.10 Å². The minimum atomic E-state index is -0.798. The highest BCUT2D eigenvalue weighted by Crippen LogP contribution is 2.19. The number of aliphatic carboxylic acids is 1. The van der Waals surface area contributed by atoms with Crippen LogP contribution in [-0.2, 0) is 11.2 Å². The zero-order valence-corrected chi connectivity index (χ0v) is 8.03. The number of aromatic nitrogens is 3. The van der Waals surface area contributed by atoms with Gasteiger partial charge in [0.25, 0.3) is 0 Å². The predicted molar refractivity (Wildman–Crippen MR) is 54.3 cm³/mol. The van der Waals surface area contributed by atoms with Crippen molar-refractivity contribution in [1.82, 2.24) is 15.2 Å². The molecule has 2 aromatic heterocycles. The third-order valence-corrected chi connectivity index (χ3v) is 2.19. The SMILES string of the molecule is O=C(O)CCc1cn[nH]c1-c1ccc[nH]1. The highest BCUT2D eigenvalue weighted by atomic mass is 16.4. The van der Waals surface area contributed by atoms with Gasteiger partial charge in [0.1, 0.15) is 0 Å². The minimum absolute atomic E-state index is 0.118. The molecule has 2 rings (SSSR count). The molecular formula is C10H11N3O2. The quantitative estimate of drug-likeness (QED) is 0.706. The minimum Gasteiger partial charge on any atom is -0.481 e. The van der Waals surface area contributed by atoms with Gasteiger partial charge < -0.3 is 10.1 Å². The zero-order valence-electron chi connectivity index (χ0n) is 8.03. The van der Waals surface area contributed by atoms with E-state index in [0.717, 1.165) is 17.0 Å². The molecule has 5 heteroatoms. The van der Waals surface area contributed by atoms with E-state index in [0.29, 0.717) is 6.42 Å². The Hall–Kier alpha value is -2.04. The number of nitrogens with zero attached hydrogens (tertiary/aromatic N) is 1. The number of carbonyl (C=O) groups is 1. The predicted octanol–water partition coefficient (Wildman–Crippen LogP) is 1.42. The van der Waals surface area contributed by atoms with Crippen LogP contribution < -0.4 is 0 Å². The summed E-state index contributed by atoms with van der Waals surface area (Å²) in [6.07, 6.45) is 4.09. The summed E-state index contributed by atoms with van der Waals surface area (Å²) in [4.78, 5) is 13.5. The molecule has 0 atom stereocenters. The Morgan fingerprint density at radius 3 is 3.07 bits per heavy atom. The summed E-state index contributed by atoms with van der Waals surface area (Å²) >= 11 is 0. The first kappa shape index (κ1) is 9.51. The van der Waals surface area contributed by atoms with Gasteiger partial charge in [0, 0.05) is 12.6 Å². The smallest absolute Gasteiger partial charge is 0.303 e. The number of nitrogens with one attached hydrogen (secondary N) is 2. The van der Waals surface area contributed by atoms with Gasteiger partial charge in [-0.3, -0.25) is 9.89 Å². The van der Waals surface area contributed by atoms with Gasteiger partial charge in [-0.15, -0.1) is 0 Å². The molecule has 15 heavy (non-hydrogen) atoms. The molecule has 0 aliphatic heterocycles. The first-order valence-corrected chi connectivity index (χ1v) is 4.65. The van der Waals surface area contributed by atoms with Crippen LogP contribution in [0.15, 0.2) is 24.5 Å². The average Bonchev–Trinajstić information content (AvgIpc) is 2.85. The maximum atomic E-state index is 10.5. The molecule has 0 bridgehead atoms. The Balaban J connectivity index is 2.19. The highest BCUT2D eigenvalue weighted by Gasteiger charge is 2.09. The van der Waals surface area contributed by atoms with Crippen molar-refractivity contribution < 1.29 is 9.90 Å². The summed E-state index contributed by atoms with van der Waals surface area (Å²) in [5.41, 5.74) is 2.70. The third-order valence-electron chi connectivity index (χ3n) is 2.19. The molecule has 0 aliphatic carbocycles. The van der Waals surface area contributed by atoms with Crippen LogP contribution >= 0.6 is 0 Å². The second-order valence-electron chi connectivity index (χ2n) is 3.25. The van der Waals surface area contributed by atoms with Gasteiger partial charge >= 0.3 is 5.97 Å². The Morgan fingerprint density at radius 2 is 2.40 bits per heavy atom. The maximum absolute atomic E-state index is 10.5. The van der Waals surface area contributed by atoms with Crippen molar-refractivity contribution in [2.45, 2.75) is 12.8 Å². The van der Waals surface area contributed by atoms with E-state index in [9.17, 15) is 4.79 Å². The molecule has 0 saturated carbocycles. The summed E-state index contributed by atoms with van der Waals surface area (Å²) in [6, 6.07) is 3.80. The lowest BCUT2D eigenvalue weighted by Crippen LogP contribution is -1.97. The van der Waals surface area contributed by atoms with Crippen molar-refractivity contribution in [3.05, 3.63) is 30.1 Å². The molecular weight excluding hydrogens is 194 g/mol. The largest absolute Gasteiger partial charge is 0.481 e. The lowest BCUT2D eigenvalue weighted by atomic mass is 10.1.